The molecule has 0 heterocycles. The van der Waals surface area contributed by atoms with E-state index in [1.165, 1.54) is 6.92 Å². The fourth-order valence-electron chi connectivity index (χ4n) is 0.870. The van der Waals surface area contributed by atoms with E-state index >= 15 is 0 Å². The predicted octanol–water partition coefficient (Wildman–Crippen LogP) is 0.642. The largest absolute Gasteiger partial charge is 0.467 e. The third kappa shape index (κ3) is 5.33. The number of ketones is 1. The SMILES string of the molecule is COC(=O)[C@@H](NC(=O)OC(C)(C)C)C(C)=O. The van der Waals surface area contributed by atoms with Crippen molar-refractivity contribution < 1.29 is 23.9 Å². The van der Waals surface area contributed by atoms with Crippen molar-refractivity contribution in [3.63, 3.8) is 0 Å². The molecule has 0 radical (unpaired) electrons. The number of esters is 1. The number of amides is 1. The Morgan fingerprint density at radius 3 is 2.00 bits per heavy atom. The van der Waals surface area contributed by atoms with E-state index in [2.05, 4.69) is 10.1 Å². The summed E-state index contributed by atoms with van der Waals surface area (Å²) in [5.41, 5.74) is -0.693. The lowest BCUT2D eigenvalue weighted by molar-refractivity contribution is -0.146. The van der Waals surface area contributed by atoms with E-state index in [1.54, 1.807) is 20.8 Å². The average Bonchev–Trinajstić information content (AvgIpc) is 2.09. The van der Waals surface area contributed by atoms with Gasteiger partial charge in [-0.3, -0.25) is 4.79 Å². The molecule has 0 saturated carbocycles. The number of hydrogen-bond acceptors (Lipinski definition) is 5. The van der Waals surface area contributed by atoms with Gasteiger partial charge in [-0.05, 0) is 27.7 Å². The molecule has 0 spiro atoms. The van der Waals surface area contributed by atoms with Gasteiger partial charge in [-0.15, -0.1) is 0 Å². The maximum absolute atomic E-state index is 11.3. The minimum atomic E-state index is -1.32. The first kappa shape index (κ1) is 14.4. The molecule has 0 unspecified atom stereocenters. The Kier molecular flexibility index (Phi) is 4.94. The third-order valence-corrected chi connectivity index (χ3v) is 1.50. The summed E-state index contributed by atoms with van der Waals surface area (Å²) in [6.07, 6.45) is -0.835. The Morgan fingerprint density at radius 2 is 1.69 bits per heavy atom. The van der Waals surface area contributed by atoms with Crippen LogP contribution >= 0.6 is 0 Å². The zero-order valence-corrected chi connectivity index (χ0v) is 10.1. The molecule has 0 saturated heterocycles. The Labute approximate surface area is 94.3 Å². The summed E-state index contributed by atoms with van der Waals surface area (Å²) < 4.78 is 9.28. The van der Waals surface area contributed by atoms with Gasteiger partial charge in [0.15, 0.2) is 11.8 Å². The van der Waals surface area contributed by atoms with E-state index in [4.69, 9.17) is 4.74 Å². The number of nitrogens with one attached hydrogen (secondary N) is 1. The van der Waals surface area contributed by atoms with Gasteiger partial charge < -0.3 is 14.8 Å². The highest BCUT2D eigenvalue weighted by atomic mass is 16.6. The summed E-state index contributed by atoms with van der Waals surface area (Å²) in [4.78, 5) is 33.5. The maximum atomic E-state index is 11.3. The molecule has 1 amide bonds. The molecule has 0 aromatic rings. The van der Waals surface area contributed by atoms with Gasteiger partial charge in [-0.2, -0.15) is 0 Å². The van der Waals surface area contributed by atoms with Crippen LogP contribution in [-0.4, -0.2) is 36.6 Å². The Hall–Kier alpha value is -1.59. The lowest BCUT2D eigenvalue weighted by Crippen LogP contribution is -2.47. The van der Waals surface area contributed by atoms with Crippen molar-refractivity contribution in [1.82, 2.24) is 5.32 Å². The number of carbonyl (C=O) groups is 3. The van der Waals surface area contributed by atoms with Crippen LogP contribution in [0.4, 0.5) is 4.79 Å². The number of Topliss-reactive ketones (excluding diaryl/α,β-unsaturated/α-hetero) is 1. The molecule has 0 rings (SSSR count). The van der Waals surface area contributed by atoms with Crippen molar-refractivity contribution >= 4 is 17.8 Å². The summed E-state index contributed by atoms with van der Waals surface area (Å²) in [5.74, 6) is -1.34. The molecule has 6 heteroatoms. The van der Waals surface area contributed by atoms with Crippen molar-refractivity contribution in [3.8, 4) is 0 Å². The summed E-state index contributed by atoms with van der Waals surface area (Å²) >= 11 is 0. The second-order valence-electron chi connectivity index (χ2n) is 4.21. The van der Waals surface area contributed by atoms with Crippen molar-refractivity contribution in [2.75, 3.05) is 7.11 Å². The van der Waals surface area contributed by atoms with Crippen LogP contribution in [0.25, 0.3) is 0 Å². The van der Waals surface area contributed by atoms with Crippen LogP contribution in [0.15, 0.2) is 0 Å². The summed E-state index contributed by atoms with van der Waals surface area (Å²) in [6.45, 7) is 6.20. The zero-order chi connectivity index (χ0) is 12.9. The second-order valence-corrected chi connectivity index (χ2v) is 4.21. The molecular formula is C10H17NO5. The van der Waals surface area contributed by atoms with Crippen LogP contribution in [-0.2, 0) is 19.1 Å². The van der Waals surface area contributed by atoms with E-state index < -0.39 is 29.5 Å². The van der Waals surface area contributed by atoms with Gasteiger partial charge in [0.1, 0.15) is 5.60 Å². The molecule has 0 aliphatic heterocycles. The second kappa shape index (κ2) is 5.48. The molecule has 0 fully saturated rings. The van der Waals surface area contributed by atoms with Gasteiger partial charge in [0.25, 0.3) is 0 Å². The van der Waals surface area contributed by atoms with Gasteiger partial charge in [0, 0.05) is 0 Å². The Morgan fingerprint density at radius 1 is 1.19 bits per heavy atom. The minimum absolute atomic E-state index is 0.516. The predicted molar refractivity (Wildman–Crippen MR) is 55.9 cm³/mol. The molecule has 0 bridgehead atoms. The average molecular weight is 231 g/mol. The van der Waals surface area contributed by atoms with Crippen LogP contribution in [0.1, 0.15) is 27.7 Å². The Balaban J connectivity index is 4.48. The molecule has 0 aromatic carbocycles. The molecule has 1 N–H and O–H groups in total. The van der Waals surface area contributed by atoms with Gasteiger partial charge in [0.05, 0.1) is 7.11 Å². The third-order valence-electron chi connectivity index (χ3n) is 1.50. The normalized spacial score (nSPS) is 12.6. The van der Waals surface area contributed by atoms with Crippen LogP contribution < -0.4 is 5.32 Å². The van der Waals surface area contributed by atoms with Crippen LogP contribution in [0.3, 0.4) is 0 Å². The van der Waals surface area contributed by atoms with E-state index in [9.17, 15) is 14.4 Å². The zero-order valence-electron chi connectivity index (χ0n) is 10.1. The lowest BCUT2D eigenvalue weighted by Gasteiger charge is -2.21. The van der Waals surface area contributed by atoms with Gasteiger partial charge in [0.2, 0.25) is 0 Å². The number of carbonyl (C=O) groups excluding carboxylic acids is 3. The molecule has 0 aliphatic rings. The van der Waals surface area contributed by atoms with E-state index in [1.807, 2.05) is 0 Å². The monoisotopic (exact) mass is 231 g/mol. The fourth-order valence-corrected chi connectivity index (χ4v) is 0.870. The Bertz CT molecular complexity index is 292. The van der Waals surface area contributed by atoms with Crippen molar-refractivity contribution in [2.45, 2.75) is 39.3 Å². The maximum Gasteiger partial charge on any atom is 0.408 e. The van der Waals surface area contributed by atoms with Gasteiger partial charge >= 0.3 is 12.1 Å². The fraction of sp³-hybridized carbons (Fsp3) is 0.700. The van der Waals surface area contributed by atoms with E-state index in [-0.39, 0.29) is 0 Å². The number of methoxy groups -OCH3 is 1. The quantitative estimate of drug-likeness (QED) is 0.569. The highest BCUT2D eigenvalue weighted by Gasteiger charge is 2.28. The summed E-state index contributed by atoms with van der Waals surface area (Å²) in [6, 6.07) is -1.32. The lowest BCUT2D eigenvalue weighted by atomic mass is 10.2. The number of rotatable bonds is 3. The van der Waals surface area contributed by atoms with Crippen LogP contribution in [0, 0.1) is 0 Å². The van der Waals surface area contributed by atoms with E-state index in [0.29, 0.717) is 0 Å². The van der Waals surface area contributed by atoms with Crippen LogP contribution in [0.2, 0.25) is 0 Å². The highest BCUT2D eigenvalue weighted by Crippen LogP contribution is 2.07. The first-order valence-corrected chi connectivity index (χ1v) is 4.75. The smallest absolute Gasteiger partial charge is 0.408 e. The number of hydrogen-bond donors (Lipinski definition) is 1. The molecular weight excluding hydrogens is 214 g/mol. The number of alkyl carbamates (subject to hydrolysis) is 1. The molecule has 92 valence electrons. The highest BCUT2D eigenvalue weighted by molar-refractivity contribution is 6.04. The van der Waals surface area contributed by atoms with Crippen molar-refractivity contribution in [1.29, 1.82) is 0 Å². The van der Waals surface area contributed by atoms with Crippen molar-refractivity contribution in [3.05, 3.63) is 0 Å². The molecule has 0 aliphatic carbocycles. The molecule has 16 heavy (non-hydrogen) atoms. The summed E-state index contributed by atoms with van der Waals surface area (Å²) in [5, 5.41) is 2.14. The first-order valence-electron chi connectivity index (χ1n) is 4.75. The molecule has 6 nitrogen and oxygen atoms in total. The number of ether oxygens (including phenoxy) is 2. The summed E-state index contributed by atoms with van der Waals surface area (Å²) in [7, 11) is 1.13. The molecule has 1 atom stereocenters. The van der Waals surface area contributed by atoms with Gasteiger partial charge in [-0.1, -0.05) is 0 Å². The molecule has 0 aromatic heterocycles. The van der Waals surface area contributed by atoms with E-state index in [0.717, 1.165) is 7.11 Å². The van der Waals surface area contributed by atoms with Crippen molar-refractivity contribution in [2.24, 2.45) is 0 Å². The first-order chi connectivity index (χ1) is 7.17. The topological polar surface area (TPSA) is 81.7 Å². The standard InChI is InChI=1S/C10H17NO5/c1-6(12)7(8(13)15-5)11-9(14)16-10(2,3)4/h7H,1-5H3,(H,11,14)/t7-/m0/s1. The van der Waals surface area contributed by atoms with Crippen LogP contribution in [0.5, 0.6) is 0 Å². The minimum Gasteiger partial charge on any atom is -0.467 e. The van der Waals surface area contributed by atoms with Gasteiger partial charge in [-0.25, -0.2) is 9.59 Å².